The van der Waals surface area contributed by atoms with Crippen LogP contribution in [0.1, 0.15) is 39.0 Å². The zero-order valence-electron chi connectivity index (χ0n) is 12.4. The second kappa shape index (κ2) is 5.72. The molecule has 5 heteroatoms. The Hall–Kier alpha value is -1.10. The van der Waals surface area contributed by atoms with Crippen LogP contribution < -0.4 is 0 Å². The molecule has 20 heavy (non-hydrogen) atoms. The van der Waals surface area contributed by atoms with Crippen molar-refractivity contribution in [3.05, 3.63) is 28.0 Å². The van der Waals surface area contributed by atoms with Crippen LogP contribution in [-0.2, 0) is 17.6 Å². The summed E-state index contributed by atoms with van der Waals surface area (Å²) in [5.41, 5.74) is 1.84. The van der Waals surface area contributed by atoms with E-state index in [4.69, 9.17) is 4.74 Å². The summed E-state index contributed by atoms with van der Waals surface area (Å²) in [4.78, 5) is 18.5. The van der Waals surface area contributed by atoms with Gasteiger partial charge in [0.1, 0.15) is 5.60 Å². The second-order valence-electron chi connectivity index (χ2n) is 6.09. The van der Waals surface area contributed by atoms with E-state index in [0.29, 0.717) is 6.54 Å². The summed E-state index contributed by atoms with van der Waals surface area (Å²) in [5, 5.41) is 0. The van der Waals surface area contributed by atoms with E-state index in [1.54, 1.807) is 4.90 Å². The quantitative estimate of drug-likeness (QED) is 0.826. The van der Waals surface area contributed by atoms with Gasteiger partial charge in [0.05, 0.1) is 0 Å². The van der Waals surface area contributed by atoms with Crippen LogP contribution in [0.15, 0.2) is 16.7 Å². The number of rotatable bonds is 2. The smallest absolute Gasteiger partial charge is 0.410 e. The van der Waals surface area contributed by atoms with E-state index in [9.17, 15) is 4.79 Å². The summed E-state index contributed by atoms with van der Waals surface area (Å²) in [6.45, 7) is 8.30. The number of pyridine rings is 1. The van der Waals surface area contributed by atoms with Crippen LogP contribution in [0.2, 0.25) is 0 Å². The molecule has 4 nitrogen and oxygen atoms in total. The van der Waals surface area contributed by atoms with Crippen LogP contribution in [-0.4, -0.2) is 34.2 Å². The number of likely N-dealkylation sites (N-methyl/N-ethyl adjacent to an activating group) is 1. The van der Waals surface area contributed by atoms with Gasteiger partial charge in [-0.15, -0.1) is 0 Å². The van der Waals surface area contributed by atoms with Crippen molar-refractivity contribution in [1.82, 2.24) is 9.88 Å². The third kappa shape index (κ3) is 3.51. The standard InChI is InChI=1S/C15H21BrN2O2/c1-5-18(14(19)20-15(2,3)4)12-7-10-6-11(16)9-17-13(10)8-12/h6,9,12H,5,7-8H2,1-4H3/t12-/m0/s1. The summed E-state index contributed by atoms with van der Waals surface area (Å²) in [7, 11) is 0. The number of halogens is 1. The number of hydrogen-bond acceptors (Lipinski definition) is 3. The zero-order chi connectivity index (χ0) is 14.9. The highest BCUT2D eigenvalue weighted by molar-refractivity contribution is 9.10. The topological polar surface area (TPSA) is 42.4 Å². The molecule has 0 spiro atoms. The van der Waals surface area contributed by atoms with Crippen molar-refractivity contribution >= 4 is 22.0 Å². The van der Waals surface area contributed by atoms with Gasteiger partial charge in [0.15, 0.2) is 0 Å². The molecule has 1 aromatic rings. The Morgan fingerprint density at radius 1 is 1.50 bits per heavy atom. The molecular weight excluding hydrogens is 320 g/mol. The zero-order valence-corrected chi connectivity index (χ0v) is 14.0. The summed E-state index contributed by atoms with van der Waals surface area (Å²) < 4.78 is 6.47. The van der Waals surface area contributed by atoms with Gasteiger partial charge in [-0.3, -0.25) is 4.98 Å². The van der Waals surface area contributed by atoms with Gasteiger partial charge < -0.3 is 9.64 Å². The lowest BCUT2D eigenvalue weighted by molar-refractivity contribution is 0.0181. The van der Waals surface area contributed by atoms with Crippen LogP contribution in [0.4, 0.5) is 4.79 Å². The SMILES string of the molecule is CCN(C(=O)OC(C)(C)C)[C@H]1Cc2cc(Br)cnc2C1. The molecule has 0 N–H and O–H groups in total. The number of carbonyl (C=O) groups excluding carboxylic acids is 1. The van der Waals surface area contributed by atoms with Crippen LogP contribution in [0.3, 0.4) is 0 Å². The second-order valence-corrected chi connectivity index (χ2v) is 7.00. The molecule has 0 radical (unpaired) electrons. The first-order valence-electron chi connectivity index (χ1n) is 6.93. The van der Waals surface area contributed by atoms with Crippen LogP contribution in [0.25, 0.3) is 0 Å². The van der Waals surface area contributed by atoms with Crippen molar-refractivity contribution in [2.45, 2.75) is 52.2 Å². The summed E-state index contributed by atoms with van der Waals surface area (Å²) >= 11 is 3.44. The van der Waals surface area contributed by atoms with E-state index in [1.165, 1.54) is 5.56 Å². The molecule has 2 rings (SSSR count). The van der Waals surface area contributed by atoms with Crippen LogP contribution in [0.5, 0.6) is 0 Å². The van der Waals surface area contributed by atoms with Crippen molar-refractivity contribution in [1.29, 1.82) is 0 Å². The largest absolute Gasteiger partial charge is 0.444 e. The maximum atomic E-state index is 12.3. The third-order valence-electron chi connectivity index (χ3n) is 3.32. The Kier molecular flexibility index (Phi) is 4.37. The average molecular weight is 341 g/mol. The Morgan fingerprint density at radius 2 is 2.20 bits per heavy atom. The van der Waals surface area contributed by atoms with Gasteiger partial charge in [0, 0.05) is 35.4 Å². The molecule has 110 valence electrons. The number of nitrogens with zero attached hydrogens (tertiary/aromatic N) is 2. The maximum absolute atomic E-state index is 12.3. The van der Waals surface area contributed by atoms with E-state index < -0.39 is 5.60 Å². The fraction of sp³-hybridized carbons (Fsp3) is 0.600. The predicted octanol–water partition coefficient (Wildman–Crippen LogP) is 3.57. The molecule has 0 aliphatic heterocycles. The average Bonchev–Trinajstić information content (AvgIpc) is 2.69. The monoisotopic (exact) mass is 340 g/mol. The van der Waals surface area contributed by atoms with Crippen molar-refractivity contribution < 1.29 is 9.53 Å². The van der Waals surface area contributed by atoms with Crippen LogP contribution in [0, 0.1) is 0 Å². The summed E-state index contributed by atoms with van der Waals surface area (Å²) in [6.07, 6.45) is 3.21. The number of aromatic nitrogens is 1. The lowest BCUT2D eigenvalue weighted by atomic mass is 10.2. The Morgan fingerprint density at radius 3 is 2.80 bits per heavy atom. The molecule has 0 aromatic carbocycles. The molecule has 0 saturated carbocycles. The lowest BCUT2D eigenvalue weighted by Gasteiger charge is -2.30. The van der Waals surface area contributed by atoms with E-state index in [-0.39, 0.29) is 12.1 Å². The van der Waals surface area contributed by atoms with Gasteiger partial charge in [-0.05, 0) is 61.7 Å². The molecule has 1 amide bonds. The Balaban J connectivity index is 2.10. The fourth-order valence-corrected chi connectivity index (χ4v) is 2.88. The van der Waals surface area contributed by atoms with Crippen molar-refractivity contribution in [2.24, 2.45) is 0 Å². The minimum absolute atomic E-state index is 0.145. The minimum atomic E-state index is -0.461. The van der Waals surface area contributed by atoms with E-state index >= 15 is 0 Å². The van der Waals surface area contributed by atoms with E-state index in [2.05, 4.69) is 27.0 Å². The molecule has 1 aliphatic carbocycles. The Labute approximate surface area is 128 Å². The molecule has 0 saturated heterocycles. The summed E-state index contributed by atoms with van der Waals surface area (Å²) in [5.74, 6) is 0. The number of amides is 1. The highest BCUT2D eigenvalue weighted by Gasteiger charge is 2.32. The van der Waals surface area contributed by atoms with Gasteiger partial charge in [-0.2, -0.15) is 0 Å². The van der Waals surface area contributed by atoms with Crippen molar-refractivity contribution in [2.75, 3.05) is 6.54 Å². The Bertz CT molecular complexity index is 511. The number of ether oxygens (including phenoxy) is 1. The molecule has 0 bridgehead atoms. The first-order valence-corrected chi connectivity index (χ1v) is 7.72. The lowest BCUT2D eigenvalue weighted by Crippen LogP contribution is -2.43. The van der Waals surface area contributed by atoms with Gasteiger partial charge in [0.25, 0.3) is 0 Å². The molecule has 0 fully saturated rings. The highest BCUT2D eigenvalue weighted by Crippen LogP contribution is 2.27. The van der Waals surface area contributed by atoms with Gasteiger partial charge in [-0.25, -0.2) is 4.79 Å². The van der Waals surface area contributed by atoms with Crippen molar-refractivity contribution in [3.8, 4) is 0 Å². The molecule has 1 atom stereocenters. The maximum Gasteiger partial charge on any atom is 0.410 e. The normalized spacial score (nSPS) is 17.8. The minimum Gasteiger partial charge on any atom is -0.444 e. The van der Waals surface area contributed by atoms with Gasteiger partial charge in [-0.1, -0.05) is 0 Å². The number of carbonyl (C=O) groups is 1. The van der Waals surface area contributed by atoms with E-state index in [1.807, 2.05) is 33.9 Å². The van der Waals surface area contributed by atoms with Crippen molar-refractivity contribution in [3.63, 3.8) is 0 Å². The first-order chi connectivity index (χ1) is 9.30. The first kappa shape index (κ1) is 15.3. The molecule has 1 aliphatic rings. The molecule has 0 unspecified atom stereocenters. The van der Waals surface area contributed by atoms with E-state index in [0.717, 1.165) is 23.0 Å². The number of fused-ring (bicyclic) bond motifs is 1. The predicted molar refractivity (Wildman–Crippen MR) is 81.7 cm³/mol. The van der Waals surface area contributed by atoms with Crippen LogP contribution >= 0.6 is 15.9 Å². The third-order valence-corrected chi connectivity index (χ3v) is 3.75. The molecule has 1 heterocycles. The van der Waals surface area contributed by atoms with Gasteiger partial charge >= 0.3 is 6.09 Å². The fourth-order valence-electron chi connectivity index (χ4n) is 2.50. The number of hydrogen-bond donors (Lipinski definition) is 0. The molecule has 1 aromatic heterocycles. The van der Waals surface area contributed by atoms with Gasteiger partial charge in [0.2, 0.25) is 0 Å². The summed E-state index contributed by atoms with van der Waals surface area (Å²) in [6, 6.07) is 2.23. The molecular formula is C15H21BrN2O2. The highest BCUT2D eigenvalue weighted by atomic mass is 79.9.